The Labute approximate surface area is 192 Å². The molecule has 3 heterocycles. The number of benzene rings is 1. The standard InChI is InChI=1S/C21H29Cl2N5O3/c22-15-2-1-3-16(23)18(15)20(29)26-17-12-24-27-19(17)21(30)25-13-4-8-28(9-5-13)14-6-10-31-11-7-14/h1-3,13-14,17,19,24,27H,4-12H2,(H,25,30)(H,26,29). The van der Waals surface area contributed by atoms with Crippen LogP contribution in [0.4, 0.5) is 0 Å². The van der Waals surface area contributed by atoms with Crippen molar-refractivity contribution in [2.45, 2.75) is 49.9 Å². The summed E-state index contributed by atoms with van der Waals surface area (Å²) in [5.74, 6) is -0.515. The van der Waals surface area contributed by atoms with Crippen LogP contribution in [0.2, 0.25) is 10.0 Å². The molecule has 31 heavy (non-hydrogen) atoms. The molecule has 8 nitrogen and oxygen atoms in total. The molecule has 0 radical (unpaired) electrons. The summed E-state index contributed by atoms with van der Waals surface area (Å²) in [5, 5.41) is 6.59. The highest BCUT2D eigenvalue weighted by atomic mass is 35.5. The fourth-order valence-corrected chi connectivity index (χ4v) is 5.15. The van der Waals surface area contributed by atoms with E-state index in [2.05, 4.69) is 26.4 Å². The molecule has 3 fully saturated rings. The molecular formula is C21H29Cl2N5O3. The Morgan fingerprint density at radius 1 is 1.03 bits per heavy atom. The lowest BCUT2D eigenvalue weighted by atomic mass is 9.99. The van der Waals surface area contributed by atoms with E-state index in [0.717, 1.165) is 52.0 Å². The van der Waals surface area contributed by atoms with E-state index in [0.29, 0.717) is 12.6 Å². The lowest BCUT2D eigenvalue weighted by Crippen LogP contribution is -2.56. The second kappa shape index (κ2) is 10.5. The van der Waals surface area contributed by atoms with Crippen molar-refractivity contribution >= 4 is 35.0 Å². The SMILES string of the molecule is O=C(NC1CNNC1C(=O)NC1CCN(C2CCOCC2)CC1)c1c(Cl)cccc1Cl. The Balaban J connectivity index is 1.29. The number of halogens is 2. The lowest BCUT2D eigenvalue weighted by molar-refractivity contribution is -0.124. The average Bonchev–Trinajstić information content (AvgIpc) is 3.23. The molecule has 170 valence electrons. The molecule has 4 N–H and O–H groups in total. The summed E-state index contributed by atoms with van der Waals surface area (Å²) in [6, 6.07) is 4.67. The fourth-order valence-electron chi connectivity index (χ4n) is 4.59. The van der Waals surface area contributed by atoms with E-state index < -0.39 is 18.0 Å². The zero-order valence-electron chi connectivity index (χ0n) is 17.3. The Kier molecular flexibility index (Phi) is 7.68. The van der Waals surface area contributed by atoms with Gasteiger partial charge >= 0.3 is 0 Å². The number of hydrogen-bond donors (Lipinski definition) is 4. The number of hydrazine groups is 1. The molecule has 3 aliphatic heterocycles. The predicted octanol–water partition coefficient (Wildman–Crippen LogP) is 1.33. The van der Waals surface area contributed by atoms with Crippen molar-refractivity contribution in [3.8, 4) is 0 Å². The van der Waals surface area contributed by atoms with Crippen LogP contribution < -0.4 is 21.5 Å². The van der Waals surface area contributed by atoms with Gasteiger partial charge in [0, 0.05) is 44.9 Å². The van der Waals surface area contributed by atoms with Gasteiger partial charge in [0.25, 0.3) is 5.91 Å². The van der Waals surface area contributed by atoms with E-state index >= 15 is 0 Å². The van der Waals surface area contributed by atoms with Crippen molar-refractivity contribution in [3.05, 3.63) is 33.8 Å². The van der Waals surface area contributed by atoms with Crippen LogP contribution in [0, 0.1) is 0 Å². The molecule has 1 aromatic carbocycles. The van der Waals surface area contributed by atoms with Gasteiger partial charge in [-0.3, -0.25) is 15.0 Å². The highest BCUT2D eigenvalue weighted by Crippen LogP contribution is 2.24. The number of nitrogens with zero attached hydrogens (tertiary/aromatic N) is 1. The minimum Gasteiger partial charge on any atom is -0.381 e. The van der Waals surface area contributed by atoms with Gasteiger partial charge < -0.3 is 20.3 Å². The van der Waals surface area contributed by atoms with E-state index in [-0.39, 0.29) is 27.6 Å². The maximum atomic E-state index is 12.9. The number of likely N-dealkylation sites (tertiary alicyclic amines) is 1. The third kappa shape index (κ3) is 5.50. The quantitative estimate of drug-likeness (QED) is 0.519. The largest absolute Gasteiger partial charge is 0.381 e. The molecule has 2 atom stereocenters. The summed E-state index contributed by atoms with van der Waals surface area (Å²) in [5.41, 5.74) is 6.16. The van der Waals surface area contributed by atoms with Gasteiger partial charge in [0.2, 0.25) is 5.91 Å². The number of nitrogens with one attached hydrogen (secondary N) is 4. The maximum Gasteiger partial charge on any atom is 0.254 e. The summed E-state index contributed by atoms with van der Waals surface area (Å²) < 4.78 is 5.46. The molecule has 0 bridgehead atoms. The highest BCUT2D eigenvalue weighted by Gasteiger charge is 2.36. The van der Waals surface area contributed by atoms with Crippen molar-refractivity contribution in [3.63, 3.8) is 0 Å². The van der Waals surface area contributed by atoms with Gasteiger partial charge in [0.05, 0.1) is 21.7 Å². The van der Waals surface area contributed by atoms with Gasteiger partial charge in [-0.05, 0) is 37.8 Å². The van der Waals surface area contributed by atoms with Crippen LogP contribution in [0.5, 0.6) is 0 Å². The molecule has 3 saturated heterocycles. The van der Waals surface area contributed by atoms with Crippen LogP contribution in [0.3, 0.4) is 0 Å². The van der Waals surface area contributed by atoms with Crippen molar-refractivity contribution < 1.29 is 14.3 Å². The van der Waals surface area contributed by atoms with Gasteiger partial charge in [-0.25, -0.2) is 5.43 Å². The Bertz CT molecular complexity index is 777. The molecule has 2 unspecified atom stereocenters. The predicted molar refractivity (Wildman–Crippen MR) is 119 cm³/mol. The summed E-state index contributed by atoms with van der Waals surface area (Å²) in [7, 11) is 0. The molecular weight excluding hydrogens is 441 g/mol. The number of hydrogen-bond acceptors (Lipinski definition) is 6. The minimum absolute atomic E-state index is 0.120. The van der Waals surface area contributed by atoms with Gasteiger partial charge in [-0.15, -0.1) is 0 Å². The molecule has 4 rings (SSSR count). The first-order chi connectivity index (χ1) is 15.0. The van der Waals surface area contributed by atoms with E-state index in [9.17, 15) is 9.59 Å². The zero-order chi connectivity index (χ0) is 21.8. The molecule has 3 aliphatic rings. The van der Waals surface area contributed by atoms with Crippen LogP contribution in [0.15, 0.2) is 18.2 Å². The molecule has 0 spiro atoms. The zero-order valence-corrected chi connectivity index (χ0v) is 18.8. The maximum absolute atomic E-state index is 12.9. The van der Waals surface area contributed by atoms with Gasteiger partial charge in [0.15, 0.2) is 0 Å². The highest BCUT2D eigenvalue weighted by molar-refractivity contribution is 6.39. The minimum atomic E-state index is -0.571. The summed E-state index contributed by atoms with van der Waals surface area (Å²) in [6.07, 6.45) is 4.03. The van der Waals surface area contributed by atoms with Crippen LogP contribution in [0.25, 0.3) is 0 Å². The Hall–Kier alpha value is -1.42. The molecule has 0 saturated carbocycles. The fraction of sp³-hybridized carbons (Fsp3) is 0.619. The number of carbonyl (C=O) groups is 2. The third-order valence-electron chi connectivity index (χ3n) is 6.35. The van der Waals surface area contributed by atoms with Crippen LogP contribution in [-0.2, 0) is 9.53 Å². The first kappa shape index (κ1) is 22.8. The van der Waals surface area contributed by atoms with Gasteiger partial charge in [-0.2, -0.15) is 0 Å². The number of rotatable bonds is 5. The lowest BCUT2D eigenvalue weighted by Gasteiger charge is -2.39. The smallest absolute Gasteiger partial charge is 0.254 e. The Morgan fingerprint density at radius 2 is 1.71 bits per heavy atom. The summed E-state index contributed by atoms with van der Waals surface area (Å²) >= 11 is 12.3. The Morgan fingerprint density at radius 3 is 2.39 bits per heavy atom. The van der Waals surface area contributed by atoms with Crippen LogP contribution in [-0.4, -0.2) is 73.7 Å². The summed E-state index contributed by atoms with van der Waals surface area (Å²) in [6.45, 7) is 4.07. The van der Waals surface area contributed by atoms with Gasteiger partial charge in [0.1, 0.15) is 6.04 Å². The number of piperidine rings is 1. The first-order valence-corrected chi connectivity index (χ1v) is 11.6. The van der Waals surface area contributed by atoms with Crippen molar-refractivity contribution in [2.24, 2.45) is 0 Å². The van der Waals surface area contributed by atoms with E-state index in [1.807, 2.05) is 0 Å². The monoisotopic (exact) mass is 469 g/mol. The molecule has 0 aliphatic carbocycles. The van der Waals surface area contributed by atoms with E-state index in [1.54, 1.807) is 18.2 Å². The van der Waals surface area contributed by atoms with Gasteiger partial charge in [-0.1, -0.05) is 29.3 Å². The van der Waals surface area contributed by atoms with Crippen LogP contribution >= 0.6 is 23.2 Å². The molecule has 10 heteroatoms. The second-order valence-corrected chi connectivity index (χ2v) is 9.16. The number of amides is 2. The topological polar surface area (TPSA) is 94.7 Å². The first-order valence-electron chi connectivity index (χ1n) is 10.9. The molecule has 1 aromatic rings. The number of carbonyl (C=O) groups excluding carboxylic acids is 2. The molecule has 2 amide bonds. The third-order valence-corrected chi connectivity index (χ3v) is 6.98. The average molecular weight is 470 g/mol. The van der Waals surface area contributed by atoms with Crippen molar-refractivity contribution in [2.75, 3.05) is 32.8 Å². The van der Waals surface area contributed by atoms with Crippen LogP contribution in [0.1, 0.15) is 36.0 Å². The van der Waals surface area contributed by atoms with Crippen molar-refractivity contribution in [1.29, 1.82) is 0 Å². The van der Waals surface area contributed by atoms with Crippen molar-refractivity contribution in [1.82, 2.24) is 26.4 Å². The van der Waals surface area contributed by atoms with E-state index in [4.69, 9.17) is 27.9 Å². The normalized spacial score (nSPS) is 26.0. The number of ether oxygens (including phenoxy) is 1. The van der Waals surface area contributed by atoms with E-state index in [1.165, 1.54) is 0 Å². The summed E-state index contributed by atoms with van der Waals surface area (Å²) in [4.78, 5) is 28.1. The second-order valence-electron chi connectivity index (χ2n) is 8.34. The molecule has 0 aromatic heterocycles.